The lowest BCUT2D eigenvalue weighted by Crippen LogP contribution is -1.97. The van der Waals surface area contributed by atoms with Crippen LogP contribution in [0.25, 0.3) is 0 Å². The van der Waals surface area contributed by atoms with Crippen molar-refractivity contribution in [3.05, 3.63) is 17.0 Å². The summed E-state index contributed by atoms with van der Waals surface area (Å²) in [6.07, 6.45) is 1.04. The zero-order chi connectivity index (χ0) is 12.0. The molecule has 1 atom stereocenters. The number of nitrogens with zero attached hydrogens (tertiary/aromatic N) is 3. The summed E-state index contributed by atoms with van der Waals surface area (Å²) in [5.41, 5.74) is 2.78. The fourth-order valence-electron chi connectivity index (χ4n) is 1.50. The van der Waals surface area contributed by atoms with Gasteiger partial charge in [0.2, 0.25) is 0 Å². The molecule has 1 rings (SSSR count). The van der Waals surface area contributed by atoms with Crippen LogP contribution in [0.15, 0.2) is 0 Å². The molecule has 3 heteroatoms. The summed E-state index contributed by atoms with van der Waals surface area (Å²) < 4.78 is 1.78. The van der Waals surface area contributed by atoms with Gasteiger partial charge in [-0.15, -0.1) is 0 Å². The van der Waals surface area contributed by atoms with Crippen molar-refractivity contribution in [2.45, 2.75) is 47.0 Å². The SMILES string of the molecule is CC.CCC(C)c1c(C#N)nn(C)c1C. The van der Waals surface area contributed by atoms with Gasteiger partial charge in [-0.2, -0.15) is 10.4 Å². The highest BCUT2D eigenvalue weighted by molar-refractivity contribution is 5.37. The molecule has 0 saturated heterocycles. The maximum atomic E-state index is 8.87. The van der Waals surface area contributed by atoms with E-state index in [4.69, 9.17) is 5.26 Å². The topological polar surface area (TPSA) is 41.6 Å². The lowest BCUT2D eigenvalue weighted by Gasteiger charge is -2.07. The Labute approximate surface area is 92.7 Å². The number of hydrogen-bond donors (Lipinski definition) is 0. The van der Waals surface area contributed by atoms with Crippen molar-refractivity contribution in [3.63, 3.8) is 0 Å². The fourth-order valence-corrected chi connectivity index (χ4v) is 1.50. The lowest BCUT2D eigenvalue weighted by molar-refractivity contribution is 0.708. The molecule has 1 aromatic heterocycles. The van der Waals surface area contributed by atoms with Crippen LogP contribution in [-0.2, 0) is 7.05 Å². The van der Waals surface area contributed by atoms with Crippen LogP contribution < -0.4 is 0 Å². The summed E-state index contributed by atoms with van der Waals surface area (Å²) in [5, 5.41) is 13.0. The monoisotopic (exact) mass is 207 g/mol. The summed E-state index contributed by atoms with van der Waals surface area (Å²) in [4.78, 5) is 0. The summed E-state index contributed by atoms with van der Waals surface area (Å²) in [6, 6.07) is 2.14. The Morgan fingerprint density at radius 2 is 2.00 bits per heavy atom. The van der Waals surface area contributed by atoms with Crippen LogP contribution in [0.3, 0.4) is 0 Å². The molecule has 0 fully saturated rings. The molecule has 0 amide bonds. The number of hydrogen-bond acceptors (Lipinski definition) is 2. The third-order valence-corrected chi connectivity index (χ3v) is 2.59. The van der Waals surface area contributed by atoms with Crippen LogP contribution in [-0.4, -0.2) is 9.78 Å². The average molecular weight is 207 g/mol. The first-order valence-corrected chi connectivity index (χ1v) is 5.55. The van der Waals surface area contributed by atoms with Gasteiger partial charge in [0.15, 0.2) is 5.69 Å². The standard InChI is InChI=1S/C10H15N3.C2H6/c1-5-7(2)10-8(3)13(4)12-9(10)6-11;1-2/h7H,5H2,1-4H3;1-2H3. The molecule has 0 aliphatic rings. The summed E-state index contributed by atoms with van der Waals surface area (Å²) in [7, 11) is 1.88. The highest BCUT2D eigenvalue weighted by Gasteiger charge is 2.16. The molecule has 0 bridgehead atoms. The Hall–Kier alpha value is -1.30. The van der Waals surface area contributed by atoms with Gasteiger partial charge in [0, 0.05) is 18.3 Å². The average Bonchev–Trinajstić information content (AvgIpc) is 2.57. The Balaban J connectivity index is 0.000000921. The number of rotatable bonds is 2. The molecule has 0 N–H and O–H groups in total. The second kappa shape index (κ2) is 6.23. The van der Waals surface area contributed by atoms with Crippen LogP contribution in [0.1, 0.15) is 57.0 Å². The van der Waals surface area contributed by atoms with Gasteiger partial charge < -0.3 is 0 Å². The third kappa shape index (κ3) is 2.82. The minimum Gasteiger partial charge on any atom is -0.271 e. The summed E-state index contributed by atoms with van der Waals surface area (Å²) >= 11 is 0. The largest absolute Gasteiger partial charge is 0.271 e. The molecule has 3 nitrogen and oxygen atoms in total. The van der Waals surface area contributed by atoms with E-state index >= 15 is 0 Å². The van der Waals surface area contributed by atoms with Gasteiger partial charge in [-0.25, -0.2) is 0 Å². The number of aryl methyl sites for hydroxylation is 1. The molecular formula is C12H21N3. The Morgan fingerprint density at radius 3 is 2.40 bits per heavy atom. The molecule has 1 heterocycles. The number of aromatic nitrogens is 2. The van der Waals surface area contributed by atoms with E-state index in [-0.39, 0.29) is 0 Å². The van der Waals surface area contributed by atoms with Crippen molar-refractivity contribution in [2.24, 2.45) is 7.05 Å². The van der Waals surface area contributed by atoms with E-state index in [1.165, 1.54) is 0 Å². The van der Waals surface area contributed by atoms with Crippen molar-refractivity contribution < 1.29 is 0 Å². The van der Waals surface area contributed by atoms with E-state index in [9.17, 15) is 0 Å². The Bertz CT molecular complexity index is 344. The molecule has 84 valence electrons. The minimum absolute atomic E-state index is 0.420. The van der Waals surface area contributed by atoms with Crippen LogP contribution in [0, 0.1) is 18.3 Å². The molecule has 0 spiro atoms. The third-order valence-electron chi connectivity index (χ3n) is 2.59. The van der Waals surface area contributed by atoms with E-state index in [0.717, 1.165) is 17.7 Å². The first kappa shape index (κ1) is 13.7. The molecular weight excluding hydrogens is 186 g/mol. The smallest absolute Gasteiger partial charge is 0.166 e. The van der Waals surface area contributed by atoms with E-state index < -0.39 is 0 Å². The predicted octanol–water partition coefficient (Wildman–Crippen LogP) is 3.14. The van der Waals surface area contributed by atoms with Gasteiger partial charge >= 0.3 is 0 Å². The van der Waals surface area contributed by atoms with E-state index in [0.29, 0.717) is 11.6 Å². The van der Waals surface area contributed by atoms with E-state index in [1.54, 1.807) is 4.68 Å². The van der Waals surface area contributed by atoms with Gasteiger partial charge in [0.1, 0.15) is 6.07 Å². The minimum atomic E-state index is 0.420. The van der Waals surface area contributed by atoms with Gasteiger partial charge in [-0.3, -0.25) is 4.68 Å². The number of nitriles is 1. The lowest BCUT2D eigenvalue weighted by atomic mass is 9.97. The molecule has 1 aromatic rings. The van der Waals surface area contributed by atoms with Gasteiger partial charge in [0.25, 0.3) is 0 Å². The van der Waals surface area contributed by atoms with Gasteiger partial charge in [-0.1, -0.05) is 27.7 Å². The maximum absolute atomic E-state index is 8.87. The zero-order valence-corrected chi connectivity index (χ0v) is 10.6. The maximum Gasteiger partial charge on any atom is 0.166 e. The first-order valence-electron chi connectivity index (χ1n) is 5.55. The highest BCUT2D eigenvalue weighted by atomic mass is 15.3. The molecule has 15 heavy (non-hydrogen) atoms. The Morgan fingerprint density at radius 1 is 1.47 bits per heavy atom. The van der Waals surface area contributed by atoms with Crippen LogP contribution in [0.5, 0.6) is 0 Å². The molecule has 0 radical (unpaired) electrons. The van der Waals surface area contributed by atoms with E-state index in [2.05, 4.69) is 25.0 Å². The zero-order valence-electron chi connectivity index (χ0n) is 10.6. The van der Waals surface area contributed by atoms with Gasteiger partial charge in [-0.05, 0) is 19.3 Å². The van der Waals surface area contributed by atoms with Crippen LogP contribution in [0.2, 0.25) is 0 Å². The molecule has 0 aliphatic heterocycles. The first-order chi connectivity index (χ1) is 7.11. The van der Waals surface area contributed by atoms with Crippen molar-refractivity contribution in [1.82, 2.24) is 9.78 Å². The molecule has 0 aliphatic carbocycles. The summed E-state index contributed by atoms with van der Waals surface area (Å²) in [6.45, 7) is 10.3. The molecule has 0 saturated carbocycles. The van der Waals surface area contributed by atoms with Crippen molar-refractivity contribution in [2.75, 3.05) is 0 Å². The Kier molecular flexibility index (Phi) is 5.69. The van der Waals surface area contributed by atoms with Crippen molar-refractivity contribution in [1.29, 1.82) is 5.26 Å². The second-order valence-corrected chi connectivity index (χ2v) is 3.39. The van der Waals surface area contributed by atoms with E-state index in [1.807, 2.05) is 27.8 Å². The molecule has 0 aromatic carbocycles. The molecule has 1 unspecified atom stereocenters. The summed E-state index contributed by atoms with van der Waals surface area (Å²) in [5.74, 6) is 0.420. The fraction of sp³-hybridized carbons (Fsp3) is 0.667. The van der Waals surface area contributed by atoms with Gasteiger partial charge in [0.05, 0.1) is 0 Å². The highest BCUT2D eigenvalue weighted by Crippen LogP contribution is 2.24. The normalized spacial score (nSPS) is 11.3. The quantitative estimate of drug-likeness (QED) is 0.747. The van der Waals surface area contributed by atoms with Crippen LogP contribution in [0.4, 0.5) is 0 Å². The van der Waals surface area contributed by atoms with Crippen LogP contribution >= 0.6 is 0 Å². The van der Waals surface area contributed by atoms with Crippen molar-refractivity contribution >= 4 is 0 Å². The second-order valence-electron chi connectivity index (χ2n) is 3.39. The van der Waals surface area contributed by atoms with Crippen molar-refractivity contribution in [3.8, 4) is 6.07 Å². The predicted molar refractivity (Wildman–Crippen MR) is 62.7 cm³/mol.